The first-order chi connectivity index (χ1) is 17.4. The minimum absolute atomic E-state index is 0.165. The first-order valence-electron chi connectivity index (χ1n) is 12.0. The van der Waals surface area contributed by atoms with Crippen molar-refractivity contribution in [2.45, 2.75) is 41.0 Å². The molecule has 0 N–H and O–H groups in total. The summed E-state index contributed by atoms with van der Waals surface area (Å²) in [7, 11) is 0. The van der Waals surface area contributed by atoms with E-state index in [1.807, 2.05) is 95.3 Å². The van der Waals surface area contributed by atoms with E-state index in [4.69, 9.17) is 0 Å². The molecule has 4 heteroatoms. The highest BCUT2D eigenvalue weighted by Gasteiger charge is 2.20. The molecule has 1 aromatic carbocycles. The minimum Gasteiger partial charge on any atom is -0.281 e. The fourth-order valence-corrected chi connectivity index (χ4v) is 3.33. The number of nitrogens with zero attached hydrogens (tertiary/aromatic N) is 2. The second-order valence-corrected chi connectivity index (χ2v) is 7.68. The van der Waals surface area contributed by atoms with Crippen molar-refractivity contribution >= 4 is 17.5 Å². The van der Waals surface area contributed by atoms with Gasteiger partial charge in [-0.2, -0.15) is 0 Å². The van der Waals surface area contributed by atoms with Gasteiger partial charge in [0.2, 0.25) is 0 Å². The molecule has 0 aliphatic heterocycles. The molecule has 0 aliphatic carbocycles. The van der Waals surface area contributed by atoms with Gasteiger partial charge in [-0.05, 0) is 70.6 Å². The summed E-state index contributed by atoms with van der Waals surface area (Å²) >= 11 is 0. The van der Waals surface area contributed by atoms with Gasteiger partial charge in [-0.15, -0.1) is 0 Å². The third-order valence-corrected chi connectivity index (χ3v) is 5.04. The van der Waals surface area contributed by atoms with E-state index in [9.17, 15) is 9.59 Å². The fourth-order valence-electron chi connectivity index (χ4n) is 3.33. The molecular weight excluding hydrogens is 444 g/mol. The van der Waals surface area contributed by atoms with Crippen molar-refractivity contribution in [3.8, 4) is 0 Å². The summed E-state index contributed by atoms with van der Waals surface area (Å²) in [5.41, 5.74) is 3.33. The summed E-state index contributed by atoms with van der Waals surface area (Å²) in [5.74, 6) is -0.404. The molecule has 1 rings (SSSR count). The molecule has 0 aromatic heterocycles. The zero-order chi connectivity index (χ0) is 26.9. The summed E-state index contributed by atoms with van der Waals surface area (Å²) in [5, 5.41) is 0. The SMILES string of the molecule is C=C/C=C(\C=C/C)N(C(=O)C(/C=C\C=C\C(=O)N(C(=C)/C=C\C)c1ccccc1)=C/CC)/C(C)=C/C. The van der Waals surface area contributed by atoms with E-state index in [2.05, 4.69) is 13.2 Å². The summed E-state index contributed by atoms with van der Waals surface area (Å²) in [4.78, 5) is 29.8. The fraction of sp³-hybridized carbons (Fsp3) is 0.188. The summed E-state index contributed by atoms with van der Waals surface area (Å²) in [6.07, 6.45) is 21.8. The van der Waals surface area contributed by atoms with Gasteiger partial charge in [0.1, 0.15) is 0 Å². The van der Waals surface area contributed by atoms with Gasteiger partial charge in [-0.1, -0.05) is 80.8 Å². The molecule has 1 aromatic rings. The van der Waals surface area contributed by atoms with Crippen LogP contribution in [0.15, 0.2) is 139 Å². The van der Waals surface area contributed by atoms with E-state index < -0.39 is 0 Å². The molecule has 0 saturated carbocycles. The number of carbonyl (C=O) groups is 2. The van der Waals surface area contributed by atoms with Gasteiger partial charge < -0.3 is 0 Å². The number of carbonyl (C=O) groups excluding carboxylic acids is 2. The Hall–Kier alpha value is -4.18. The second kappa shape index (κ2) is 16.4. The van der Waals surface area contributed by atoms with Gasteiger partial charge >= 0.3 is 0 Å². The Morgan fingerprint density at radius 3 is 2.14 bits per heavy atom. The van der Waals surface area contributed by atoms with Crippen LogP contribution in [0.2, 0.25) is 0 Å². The second-order valence-electron chi connectivity index (χ2n) is 7.68. The highest BCUT2D eigenvalue weighted by molar-refractivity contribution is 6.04. The van der Waals surface area contributed by atoms with E-state index in [1.165, 1.54) is 6.08 Å². The molecule has 0 fully saturated rings. The van der Waals surface area contributed by atoms with E-state index in [0.717, 1.165) is 17.1 Å². The van der Waals surface area contributed by atoms with Crippen molar-refractivity contribution in [3.05, 3.63) is 139 Å². The molecule has 0 aliphatic rings. The van der Waals surface area contributed by atoms with Crippen LogP contribution in [0.25, 0.3) is 0 Å². The number of benzene rings is 1. The van der Waals surface area contributed by atoms with Crippen LogP contribution in [0.5, 0.6) is 0 Å². The Bertz CT molecular complexity index is 1130. The number of allylic oxidation sites excluding steroid dienone is 11. The third-order valence-electron chi connectivity index (χ3n) is 5.04. The lowest BCUT2D eigenvalue weighted by atomic mass is 10.1. The third kappa shape index (κ3) is 8.88. The number of hydrogen-bond acceptors (Lipinski definition) is 2. The van der Waals surface area contributed by atoms with Crippen LogP contribution in [0.1, 0.15) is 41.0 Å². The largest absolute Gasteiger partial charge is 0.281 e. The zero-order valence-corrected chi connectivity index (χ0v) is 22.1. The van der Waals surface area contributed by atoms with Crippen LogP contribution >= 0.6 is 0 Å². The molecular formula is C32H38N2O2. The molecule has 0 atom stereocenters. The lowest BCUT2D eigenvalue weighted by molar-refractivity contribution is -0.123. The van der Waals surface area contributed by atoms with E-state index in [1.54, 1.807) is 46.3 Å². The zero-order valence-electron chi connectivity index (χ0n) is 22.1. The van der Waals surface area contributed by atoms with Crippen molar-refractivity contribution in [3.63, 3.8) is 0 Å². The molecule has 0 heterocycles. The summed E-state index contributed by atoms with van der Waals surface area (Å²) in [6.45, 7) is 17.3. The average Bonchev–Trinajstić information content (AvgIpc) is 2.87. The van der Waals surface area contributed by atoms with Gasteiger partial charge in [0, 0.05) is 34.4 Å². The number of rotatable bonds is 12. The van der Waals surface area contributed by atoms with Crippen LogP contribution in [-0.4, -0.2) is 16.7 Å². The Morgan fingerprint density at radius 2 is 1.58 bits per heavy atom. The Balaban J connectivity index is 3.27. The van der Waals surface area contributed by atoms with Crippen LogP contribution in [0.4, 0.5) is 5.69 Å². The molecule has 0 saturated heterocycles. The molecule has 36 heavy (non-hydrogen) atoms. The summed E-state index contributed by atoms with van der Waals surface area (Å²) < 4.78 is 0. The average molecular weight is 483 g/mol. The maximum absolute atomic E-state index is 13.5. The maximum Gasteiger partial charge on any atom is 0.262 e. The first kappa shape index (κ1) is 29.9. The van der Waals surface area contributed by atoms with E-state index in [0.29, 0.717) is 17.7 Å². The van der Waals surface area contributed by atoms with E-state index in [-0.39, 0.29) is 11.8 Å². The normalized spacial score (nSPS) is 13.2. The molecule has 0 unspecified atom stereocenters. The predicted octanol–water partition coefficient (Wildman–Crippen LogP) is 7.96. The van der Waals surface area contributed by atoms with Crippen molar-refractivity contribution < 1.29 is 9.59 Å². The Labute approximate surface area is 217 Å². The van der Waals surface area contributed by atoms with E-state index >= 15 is 0 Å². The predicted molar refractivity (Wildman–Crippen MR) is 154 cm³/mol. The standard InChI is InChI=1S/C32H38N2O2/c1-8-18-27(7)33(30-23-14-13-15-24-30)31(35)25-17-16-22-28(19-9-2)32(36)34(26(6)12-5)29(20-10-3)21-11-4/h8,10-25H,3,7,9H2,1-2,4-6H3/b18-8-,21-11-,22-16-,25-17+,26-12+,28-19+,29-20+. The lowest BCUT2D eigenvalue weighted by Gasteiger charge is -2.25. The first-order valence-corrected chi connectivity index (χ1v) is 12.0. The van der Waals surface area contributed by atoms with Gasteiger partial charge in [0.05, 0.1) is 0 Å². The summed E-state index contributed by atoms with van der Waals surface area (Å²) in [6, 6.07) is 9.35. The highest BCUT2D eigenvalue weighted by atomic mass is 16.2. The van der Waals surface area contributed by atoms with Crippen molar-refractivity contribution in [1.29, 1.82) is 0 Å². The van der Waals surface area contributed by atoms with Gasteiger partial charge in [-0.3, -0.25) is 19.4 Å². The minimum atomic E-state index is -0.239. The van der Waals surface area contributed by atoms with Crippen LogP contribution in [-0.2, 0) is 9.59 Å². The Morgan fingerprint density at radius 1 is 0.944 bits per heavy atom. The number of amides is 2. The smallest absolute Gasteiger partial charge is 0.262 e. The monoisotopic (exact) mass is 482 g/mol. The lowest BCUT2D eigenvalue weighted by Crippen LogP contribution is -2.29. The van der Waals surface area contributed by atoms with Crippen molar-refractivity contribution in [2.75, 3.05) is 4.90 Å². The number of hydrogen-bond donors (Lipinski definition) is 0. The topological polar surface area (TPSA) is 40.6 Å². The quantitative estimate of drug-likeness (QED) is 0.224. The van der Waals surface area contributed by atoms with Gasteiger partial charge in [-0.25, -0.2) is 0 Å². The molecule has 2 amide bonds. The molecule has 0 radical (unpaired) electrons. The molecule has 0 bridgehead atoms. The highest BCUT2D eigenvalue weighted by Crippen LogP contribution is 2.21. The Kier molecular flexibility index (Phi) is 13.6. The van der Waals surface area contributed by atoms with Gasteiger partial charge in [0.25, 0.3) is 11.8 Å². The molecule has 188 valence electrons. The molecule has 0 spiro atoms. The molecule has 4 nitrogen and oxygen atoms in total. The van der Waals surface area contributed by atoms with Gasteiger partial charge in [0.15, 0.2) is 0 Å². The van der Waals surface area contributed by atoms with Crippen LogP contribution in [0, 0.1) is 0 Å². The number of para-hydroxylation sites is 1. The van der Waals surface area contributed by atoms with Crippen molar-refractivity contribution in [2.24, 2.45) is 0 Å². The maximum atomic E-state index is 13.5. The van der Waals surface area contributed by atoms with Crippen LogP contribution in [0.3, 0.4) is 0 Å². The van der Waals surface area contributed by atoms with Crippen LogP contribution < -0.4 is 4.90 Å². The van der Waals surface area contributed by atoms with Crippen molar-refractivity contribution in [1.82, 2.24) is 4.90 Å². The number of anilines is 1.